The van der Waals surface area contributed by atoms with E-state index in [1.165, 1.54) is 0 Å². The molecule has 14 heavy (non-hydrogen) atoms. The molecule has 1 rings (SSSR count). The molecule has 82 valence electrons. The summed E-state index contributed by atoms with van der Waals surface area (Å²) >= 11 is 0. The quantitative estimate of drug-likeness (QED) is 0.748. The van der Waals surface area contributed by atoms with Gasteiger partial charge < -0.3 is 9.84 Å². The zero-order chi connectivity index (χ0) is 10.6. The molecule has 0 aromatic rings. The number of ketones is 1. The molecule has 0 aliphatic carbocycles. The third-order valence-corrected chi connectivity index (χ3v) is 3.16. The van der Waals surface area contributed by atoms with Crippen LogP contribution in [0.15, 0.2) is 0 Å². The summed E-state index contributed by atoms with van der Waals surface area (Å²) in [5.74, 6) is -0.115. The Morgan fingerprint density at radius 3 is 2.57 bits per heavy atom. The van der Waals surface area contributed by atoms with Crippen LogP contribution < -0.4 is 0 Å². The van der Waals surface area contributed by atoms with Gasteiger partial charge in [0.2, 0.25) is 0 Å². The Balaban J connectivity index is 2.61. The molecular formula is C11H20O3. The van der Waals surface area contributed by atoms with Gasteiger partial charge in [0.25, 0.3) is 0 Å². The van der Waals surface area contributed by atoms with Crippen molar-refractivity contribution in [3.63, 3.8) is 0 Å². The van der Waals surface area contributed by atoms with Crippen molar-refractivity contribution in [2.24, 2.45) is 5.92 Å². The van der Waals surface area contributed by atoms with Crippen LogP contribution in [0.2, 0.25) is 0 Å². The van der Waals surface area contributed by atoms with E-state index >= 15 is 0 Å². The molecular weight excluding hydrogens is 180 g/mol. The van der Waals surface area contributed by atoms with Crippen molar-refractivity contribution in [2.45, 2.75) is 45.1 Å². The van der Waals surface area contributed by atoms with E-state index in [2.05, 4.69) is 0 Å². The molecule has 1 unspecified atom stereocenters. The first-order valence-electron chi connectivity index (χ1n) is 5.48. The maximum absolute atomic E-state index is 12.0. The van der Waals surface area contributed by atoms with Gasteiger partial charge in [0, 0.05) is 12.5 Å². The van der Waals surface area contributed by atoms with Crippen LogP contribution in [0.5, 0.6) is 0 Å². The first-order chi connectivity index (χ1) is 6.64. The van der Waals surface area contributed by atoms with Gasteiger partial charge in [-0.1, -0.05) is 13.8 Å². The van der Waals surface area contributed by atoms with Gasteiger partial charge in [-0.3, -0.25) is 4.79 Å². The minimum Gasteiger partial charge on any atom is -0.382 e. The Kier molecular flexibility index (Phi) is 4.08. The predicted molar refractivity (Wildman–Crippen MR) is 54.1 cm³/mol. The minimum absolute atomic E-state index is 0.0257. The minimum atomic E-state index is -1.12. The highest BCUT2D eigenvalue weighted by Gasteiger charge is 2.37. The molecule has 0 spiro atoms. The van der Waals surface area contributed by atoms with E-state index in [0.717, 1.165) is 19.4 Å². The highest BCUT2D eigenvalue weighted by molar-refractivity contribution is 5.89. The second-order valence-electron chi connectivity index (χ2n) is 4.02. The van der Waals surface area contributed by atoms with E-state index in [4.69, 9.17) is 4.74 Å². The number of carbonyl (C=O) groups excluding carboxylic acids is 1. The number of hydrogen-bond donors (Lipinski definition) is 1. The molecule has 1 aliphatic rings. The summed E-state index contributed by atoms with van der Waals surface area (Å²) in [6.07, 6.45) is 2.79. The van der Waals surface area contributed by atoms with Gasteiger partial charge in [-0.25, -0.2) is 0 Å². The maximum Gasteiger partial charge on any atom is 0.169 e. The molecule has 0 aromatic heterocycles. The topological polar surface area (TPSA) is 46.5 Å². The largest absolute Gasteiger partial charge is 0.382 e. The van der Waals surface area contributed by atoms with Crippen molar-refractivity contribution in [1.82, 2.24) is 0 Å². The standard InChI is InChI=1S/C11H20O3/c1-3-11(13,4-2)10(12)9-6-5-7-14-8-9/h9,13H,3-8H2,1-2H3. The highest BCUT2D eigenvalue weighted by Crippen LogP contribution is 2.25. The van der Waals surface area contributed by atoms with Crippen molar-refractivity contribution in [3.8, 4) is 0 Å². The van der Waals surface area contributed by atoms with Crippen LogP contribution in [0.4, 0.5) is 0 Å². The van der Waals surface area contributed by atoms with Crippen molar-refractivity contribution in [1.29, 1.82) is 0 Å². The molecule has 1 N–H and O–H groups in total. The van der Waals surface area contributed by atoms with E-state index in [1.807, 2.05) is 13.8 Å². The smallest absolute Gasteiger partial charge is 0.169 e. The summed E-state index contributed by atoms with van der Waals surface area (Å²) in [4.78, 5) is 12.0. The monoisotopic (exact) mass is 200 g/mol. The lowest BCUT2D eigenvalue weighted by molar-refractivity contribution is -0.146. The van der Waals surface area contributed by atoms with Crippen LogP contribution in [0.3, 0.4) is 0 Å². The van der Waals surface area contributed by atoms with Gasteiger partial charge in [-0.05, 0) is 25.7 Å². The molecule has 1 heterocycles. The lowest BCUT2D eigenvalue weighted by atomic mass is 9.82. The molecule has 1 aliphatic heterocycles. The molecule has 1 atom stereocenters. The van der Waals surface area contributed by atoms with Crippen molar-refractivity contribution in [2.75, 3.05) is 13.2 Å². The molecule has 0 saturated carbocycles. The average molecular weight is 200 g/mol. The molecule has 1 saturated heterocycles. The number of Topliss-reactive ketones (excluding diaryl/α,β-unsaturated/α-hetero) is 1. The number of aliphatic hydroxyl groups is 1. The van der Waals surface area contributed by atoms with Crippen LogP contribution in [-0.2, 0) is 9.53 Å². The fourth-order valence-corrected chi connectivity index (χ4v) is 1.93. The third kappa shape index (κ3) is 2.34. The van der Waals surface area contributed by atoms with Crippen molar-refractivity contribution >= 4 is 5.78 Å². The van der Waals surface area contributed by atoms with E-state index in [9.17, 15) is 9.90 Å². The number of hydrogen-bond acceptors (Lipinski definition) is 3. The lowest BCUT2D eigenvalue weighted by Crippen LogP contribution is -2.44. The third-order valence-electron chi connectivity index (χ3n) is 3.16. The molecule has 0 aromatic carbocycles. The average Bonchev–Trinajstić information content (AvgIpc) is 2.28. The summed E-state index contributed by atoms with van der Waals surface area (Å²) in [7, 11) is 0. The van der Waals surface area contributed by atoms with Gasteiger partial charge >= 0.3 is 0 Å². The van der Waals surface area contributed by atoms with Crippen LogP contribution >= 0.6 is 0 Å². The Hall–Kier alpha value is -0.410. The van der Waals surface area contributed by atoms with Gasteiger partial charge in [-0.15, -0.1) is 0 Å². The highest BCUT2D eigenvalue weighted by atomic mass is 16.5. The van der Waals surface area contributed by atoms with E-state index in [1.54, 1.807) is 0 Å². The van der Waals surface area contributed by atoms with Gasteiger partial charge in [-0.2, -0.15) is 0 Å². The normalized spacial score (nSPS) is 23.5. The zero-order valence-electron chi connectivity index (χ0n) is 9.08. The number of ether oxygens (including phenoxy) is 1. The van der Waals surface area contributed by atoms with Gasteiger partial charge in [0.1, 0.15) is 5.60 Å². The molecule has 3 nitrogen and oxygen atoms in total. The fourth-order valence-electron chi connectivity index (χ4n) is 1.93. The number of rotatable bonds is 4. The Morgan fingerprint density at radius 1 is 1.50 bits per heavy atom. The predicted octanol–water partition coefficient (Wildman–Crippen LogP) is 1.53. The summed E-state index contributed by atoms with van der Waals surface area (Å²) < 4.78 is 5.26. The Bertz CT molecular complexity index is 191. The van der Waals surface area contributed by atoms with Crippen LogP contribution in [0.25, 0.3) is 0 Å². The first kappa shape index (κ1) is 11.7. The van der Waals surface area contributed by atoms with Gasteiger partial charge in [0.05, 0.1) is 6.61 Å². The van der Waals surface area contributed by atoms with Crippen molar-refractivity contribution in [3.05, 3.63) is 0 Å². The molecule has 1 fully saturated rings. The van der Waals surface area contributed by atoms with Crippen LogP contribution in [-0.4, -0.2) is 29.7 Å². The molecule has 0 bridgehead atoms. The van der Waals surface area contributed by atoms with E-state index in [-0.39, 0.29) is 11.7 Å². The van der Waals surface area contributed by atoms with Crippen LogP contribution in [0.1, 0.15) is 39.5 Å². The Labute approximate surface area is 85.5 Å². The second kappa shape index (κ2) is 4.89. The SMILES string of the molecule is CCC(O)(CC)C(=O)C1CCCOC1. The fraction of sp³-hybridized carbons (Fsp3) is 0.909. The summed E-state index contributed by atoms with van der Waals surface area (Å²) in [6.45, 7) is 4.94. The Morgan fingerprint density at radius 2 is 2.14 bits per heavy atom. The summed E-state index contributed by atoms with van der Waals surface area (Å²) in [5.41, 5.74) is -1.12. The van der Waals surface area contributed by atoms with Crippen molar-refractivity contribution < 1.29 is 14.6 Å². The maximum atomic E-state index is 12.0. The lowest BCUT2D eigenvalue weighted by Gasteiger charge is -2.30. The van der Waals surface area contributed by atoms with E-state index < -0.39 is 5.60 Å². The zero-order valence-corrected chi connectivity index (χ0v) is 9.08. The second-order valence-corrected chi connectivity index (χ2v) is 4.02. The van der Waals surface area contributed by atoms with Gasteiger partial charge in [0.15, 0.2) is 5.78 Å². The first-order valence-corrected chi connectivity index (χ1v) is 5.48. The summed E-state index contributed by atoms with van der Waals surface area (Å²) in [5, 5.41) is 10.0. The van der Waals surface area contributed by atoms with Crippen LogP contribution in [0, 0.1) is 5.92 Å². The molecule has 0 radical (unpaired) electrons. The summed E-state index contributed by atoms with van der Waals surface area (Å²) in [6, 6.07) is 0. The number of carbonyl (C=O) groups is 1. The molecule has 0 amide bonds. The molecule has 3 heteroatoms. The van der Waals surface area contributed by atoms with E-state index in [0.29, 0.717) is 19.4 Å².